The Morgan fingerprint density at radius 2 is 2.33 bits per heavy atom. The quantitative estimate of drug-likeness (QED) is 0.933. The minimum Gasteiger partial charge on any atom is -0.468 e. The van der Waals surface area contributed by atoms with Gasteiger partial charge in [0.25, 0.3) is 0 Å². The maximum Gasteiger partial charge on any atom is 0.165 e. The van der Waals surface area contributed by atoms with E-state index in [1.54, 1.807) is 18.5 Å². The van der Waals surface area contributed by atoms with Crippen molar-refractivity contribution in [1.82, 2.24) is 9.88 Å². The molecule has 0 bridgehead atoms. The van der Waals surface area contributed by atoms with Crippen molar-refractivity contribution in [2.75, 3.05) is 25.0 Å². The molecule has 4 rings (SSSR count). The van der Waals surface area contributed by atoms with E-state index in [9.17, 15) is 4.39 Å². The van der Waals surface area contributed by atoms with Crippen LogP contribution in [-0.2, 0) is 11.3 Å². The monoisotopic (exact) mass is 331 g/mol. The zero-order valence-electron chi connectivity index (χ0n) is 13.6. The van der Waals surface area contributed by atoms with Crippen LogP contribution in [-0.4, -0.2) is 41.2 Å². The van der Waals surface area contributed by atoms with E-state index in [1.807, 2.05) is 12.1 Å². The lowest BCUT2D eigenvalue weighted by molar-refractivity contribution is -0.0544. The second-order valence-electron chi connectivity index (χ2n) is 6.77. The summed E-state index contributed by atoms with van der Waals surface area (Å²) in [6.07, 6.45) is 6.33. The van der Waals surface area contributed by atoms with Gasteiger partial charge in [-0.3, -0.25) is 4.90 Å². The molecular weight excluding hydrogens is 309 g/mol. The van der Waals surface area contributed by atoms with E-state index in [-0.39, 0.29) is 17.5 Å². The van der Waals surface area contributed by atoms with Crippen LogP contribution in [0.25, 0.3) is 0 Å². The van der Waals surface area contributed by atoms with E-state index in [4.69, 9.17) is 9.15 Å². The molecular formula is C18H22FN3O2. The predicted octanol–water partition coefficient (Wildman–Crippen LogP) is 3.05. The summed E-state index contributed by atoms with van der Waals surface area (Å²) in [6, 6.07) is 7.04. The van der Waals surface area contributed by atoms with Crippen LogP contribution in [0, 0.1) is 5.82 Å². The highest BCUT2D eigenvalue weighted by Gasteiger charge is 2.43. The fraction of sp³-hybridized carbons (Fsp3) is 0.500. The first-order chi connectivity index (χ1) is 11.7. The number of aromatic nitrogens is 1. The molecule has 4 heterocycles. The Labute approximate surface area is 140 Å². The molecule has 2 saturated heterocycles. The molecule has 2 aliphatic heterocycles. The Hall–Kier alpha value is -1.92. The molecule has 6 heteroatoms. The van der Waals surface area contributed by atoms with Crippen LogP contribution in [0.2, 0.25) is 0 Å². The molecule has 0 unspecified atom stereocenters. The lowest BCUT2D eigenvalue weighted by atomic mass is 9.88. The normalized spacial score (nSPS) is 27.6. The van der Waals surface area contributed by atoms with Crippen molar-refractivity contribution in [2.45, 2.75) is 37.5 Å². The average Bonchev–Trinajstić information content (AvgIpc) is 3.21. The van der Waals surface area contributed by atoms with Crippen molar-refractivity contribution in [1.29, 1.82) is 0 Å². The summed E-state index contributed by atoms with van der Waals surface area (Å²) >= 11 is 0. The first-order valence-electron chi connectivity index (χ1n) is 8.48. The average molecular weight is 331 g/mol. The number of hydrogen-bond donors (Lipinski definition) is 1. The van der Waals surface area contributed by atoms with Gasteiger partial charge in [-0.05, 0) is 43.7 Å². The molecule has 2 atom stereocenters. The van der Waals surface area contributed by atoms with E-state index in [0.29, 0.717) is 12.4 Å². The number of likely N-dealkylation sites (tertiary alicyclic amines) is 1. The van der Waals surface area contributed by atoms with E-state index < -0.39 is 0 Å². The third-order valence-corrected chi connectivity index (χ3v) is 4.89. The minimum atomic E-state index is -0.318. The number of pyridine rings is 1. The van der Waals surface area contributed by atoms with Gasteiger partial charge in [-0.2, -0.15) is 0 Å². The summed E-state index contributed by atoms with van der Waals surface area (Å²) in [5.74, 6) is 0.975. The number of furan rings is 1. The molecule has 24 heavy (non-hydrogen) atoms. The molecule has 0 radical (unpaired) electrons. The zero-order chi connectivity index (χ0) is 16.4. The van der Waals surface area contributed by atoms with Gasteiger partial charge < -0.3 is 14.5 Å². The maximum atomic E-state index is 13.8. The van der Waals surface area contributed by atoms with Crippen molar-refractivity contribution < 1.29 is 13.5 Å². The van der Waals surface area contributed by atoms with Crippen molar-refractivity contribution in [3.63, 3.8) is 0 Å². The molecule has 2 aromatic heterocycles. The Balaban J connectivity index is 1.38. The Morgan fingerprint density at radius 1 is 1.38 bits per heavy atom. The summed E-state index contributed by atoms with van der Waals surface area (Å²) in [5, 5.41) is 3.19. The fourth-order valence-electron chi connectivity index (χ4n) is 3.85. The van der Waals surface area contributed by atoms with Gasteiger partial charge in [0.2, 0.25) is 0 Å². The maximum absolute atomic E-state index is 13.8. The molecule has 5 nitrogen and oxygen atoms in total. The Bertz CT molecular complexity index is 679. The van der Waals surface area contributed by atoms with Crippen molar-refractivity contribution >= 4 is 5.82 Å². The molecule has 0 amide bonds. The molecule has 1 spiro atoms. The Kier molecular flexibility index (Phi) is 4.24. The van der Waals surface area contributed by atoms with E-state index in [2.05, 4.69) is 15.2 Å². The van der Waals surface area contributed by atoms with Crippen LogP contribution in [0.3, 0.4) is 0 Å². The number of nitrogens with zero attached hydrogens (tertiary/aromatic N) is 2. The number of rotatable bonds is 4. The van der Waals surface area contributed by atoms with Gasteiger partial charge in [-0.25, -0.2) is 9.37 Å². The van der Waals surface area contributed by atoms with Gasteiger partial charge >= 0.3 is 0 Å². The van der Waals surface area contributed by atoms with Gasteiger partial charge in [0.1, 0.15) is 5.76 Å². The number of nitrogens with one attached hydrogen (secondary N) is 1. The largest absolute Gasteiger partial charge is 0.468 e. The lowest BCUT2D eigenvalue weighted by Crippen LogP contribution is -2.47. The summed E-state index contributed by atoms with van der Waals surface area (Å²) in [5.41, 5.74) is -0.145. The van der Waals surface area contributed by atoms with Crippen LogP contribution in [0.15, 0.2) is 41.1 Å². The van der Waals surface area contributed by atoms with Gasteiger partial charge in [0.05, 0.1) is 31.1 Å². The van der Waals surface area contributed by atoms with Gasteiger partial charge in [-0.1, -0.05) is 0 Å². The highest BCUT2D eigenvalue weighted by atomic mass is 19.1. The number of hydrogen-bond acceptors (Lipinski definition) is 5. The molecule has 1 N–H and O–H groups in total. The van der Waals surface area contributed by atoms with E-state index in [0.717, 1.165) is 44.7 Å². The lowest BCUT2D eigenvalue weighted by Gasteiger charge is -2.39. The summed E-state index contributed by atoms with van der Waals surface area (Å²) < 4.78 is 25.4. The molecule has 0 aliphatic carbocycles. The minimum absolute atomic E-state index is 0.0953. The van der Waals surface area contributed by atoms with Gasteiger partial charge in [0, 0.05) is 19.2 Å². The second kappa shape index (κ2) is 6.53. The van der Waals surface area contributed by atoms with Crippen LogP contribution in [0.4, 0.5) is 10.2 Å². The van der Waals surface area contributed by atoms with E-state index in [1.165, 1.54) is 6.07 Å². The van der Waals surface area contributed by atoms with Crippen LogP contribution in [0.5, 0.6) is 0 Å². The predicted molar refractivity (Wildman–Crippen MR) is 88.1 cm³/mol. The van der Waals surface area contributed by atoms with Crippen LogP contribution < -0.4 is 5.32 Å². The first-order valence-corrected chi connectivity index (χ1v) is 8.48. The molecule has 0 aromatic carbocycles. The molecule has 2 fully saturated rings. The smallest absolute Gasteiger partial charge is 0.165 e. The third kappa shape index (κ3) is 3.30. The second-order valence-corrected chi connectivity index (χ2v) is 6.77. The Morgan fingerprint density at radius 3 is 3.17 bits per heavy atom. The number of piperidine rings is 1. The molecule has 0 saturated carbocycles. The van der Waals surface area contributed by atoms with E-state index >= 15 is 0 Å². The highest BCUT2D eigenvalue weighted by Crippen LogP contribution is 2.36. The SMILES string of the molecule is Fc1cccnc1N[C@@H]1CO[C@]2(CCCN(Cc3ccco3)C2)C1. The topological polar surface area (TPSA) is 50.5 Å². The molecule has 2 aromatic rings. The molecule has 2 aliphatic rings. The fourth-order valence-corrected chi connectivity index (χ4v) is 3.85. The van der Waals surface area contributed by atoms with Crippen LogP contribution in [0.1, 0.15) is 25.0 Å². The zero-order valence-corrected chi connectivity index (χ0v) is 13.6. The van der Waals surface area contributed by atoms with Gasteiger partial charge in [-0.15, -0.1) is 0 Å². The summed E-state index contributed by atoms with van der Waals surface area (Å²) in [6.45, 7) is 3.34. The summed E-state index contributed by atoms with van der Waals surface area (Å²) in [7, 11) is 0. The third-order valence-electron chi connectivity index (χ3n) is 4.89. The number of halogens is 1. The summed E-state index contributed by atoms with van der Waals surface area (Å²) in [4.78, 5) is 6.46. The van der Waals surface area contributed by atoms with Crippen LogP contribution >= 0.6 is 0 Å². The van der Waals surface area contributed by atoms with Crippen molar-refractivity contribution in [3.8, 4) is 0 Å². The first kappa shape index (κ1) is 15.6. The number of anilines is 1. The molecule has 128 valence electrons. The van der Waals surface area contributed by atoms with Crippen molar-refractivity contribution in [2.24, 2.45) is 0 Å². The van der Waals surface area contributed by atoms with Crippen molar-refractivity contribution in [3.05, 3.63) is 48.3 Å². The van der Waals surface area contributed by atoms with Gasteiger partial charge in [0.15, 0.2) is 11.6 Å². The number of ether oxygens (including phenoxy) is 1. The highest BCUT2D eigenvalue weighted by molar-refractivity contribution is 5.37. The standard InChI is InChI=1S/C18H22FN3O2/c19-16-5-1-7-20-17(16)21-14-10-18(24-12-14)6-3-8-22(13-18)11-15-4-2-9-23-15/h1-2,4-5,7,9,14H,3,6,8,10-13H2,(H,20,21)/t14-,18+/m0/s1.